The number of aromatic nitrogens is 1. The van der Waals surface area contributed by atoms with E-state index < -0.39 is 0 Å². The Morgan fingerprint density at radius 2 is 1.34 bits per heavy atom. The first-order chi connectivity index (χ1) is 20.3. The first-order valence-electron chi connectivity index (χ1n) is 13.9. The molecule has 2 nitrogen and oxygen atoms in total. The molecule has 7 aromatic rings. The summed E-state index contributed by atoms with van der Waals surface area (Å²) in [5.41, 5.74) is 13.1. The standard InChI is InChI=1S/C36H20BFN2S/c38-23-9-5-8-21(18-23)22-19-30-34-31(20-22)40-29-15-3-4-16-32(29)41-33-17-7-13-27(36(33)40)37(34)26-12-6-11-25-24-10-1-2-14-28(24)39(30)35(25)26/h1-20H. The predicted molar refractivity (Wildman–Crippen MR) is 170 cm³/mol. The molecule has 190 valence electrons. The summed E-state index contributed by atoms with van der Waals surface area (Å²) in [6.45, 7) is 0.0964. The third kappa shape index (κ3) is 2.74. The van der Waals surface area contributed by atoms with Gasteiger partial charge in [0.15, 0.2) is 0 Å². The van der Waals surface area contributed by atoms with E-state index in [1.165, 1.54) is 76.8 Å². The number of para-hydroxylation sites is 4. The zero-order valence-corrected chi connectivity index (χ0v) is 22.6. The fourth-order valence-corrected chi connectivity index (χ4v) is 8.54. The lowest BCUT2D eigenvalue weighted by molar-refractivity contribution is 0.628. The molecule has 5 heteroatoms. The molecule has 10 rings (SSSR count). The lowest BCUT2D eigenvalue weighted by Crippen LogP contribution is -2.60. The van der Waals surface area contributed by atoms with Gasteiger partial charge in [0.05, 0.1) is 16.9 Å². The minimum absolute atomic E-state index is 0.0964. The van der Waals surface area contributed by atoms with Crippen LogP contribution < -0.4 is 21.3 Å². The molecule has 0 saturated carbocycles. The molecule has 4 heterocycles. The summed E-state index contributed by atoms with van der Waals surface area (Å²) >= 11 is 1.85. The van der Waals surface area contributed by atoms with Crippen molar-refractivity contribution < 1.29 is 4.39 Å². The van der Waals surface area contributed by atoms with Crippen LogP contribution in [0.2, 0.25) is 0 Å². The van der Waals surface area contributed by atoms with Crippen LogP contribution in [0.3, 0.4) is 0 Å². The van der Waals surface area contributed by atoms with Crippen molar-refractivity contribution in [2.45, 2.75) is 9.79 Å². The Balaban J connectivity index is 1.43. The second kappa shape index (κ2) is 7.71. The molecule has 1 aromatic heterocycles. The SMILES string of the molecule is Fc1cccc(-c2cc3c4c(c2)-n2c5ccccc5c5cccc(c52)B4c2cccc4c2N3c2ccccc2S4)c1. The van der Waals surface area contributed by atoms with Gasteiger partial charge in [-0.3, -0.25) is 0 Å². The number of anilines is 3. The van der Waals surface area contributed by atoms with E-state index in [1.54, 1.807) is 12.1 Å². The molecular formula is C36H20BFN2S. The molecule has 0 atom stereocenters. The fourth-order valence-electron chi connectivity index (χ4n) is 7.44. The third-order valence-corrected chi connectivity index (χ3v) is 10.1. The molecule has 0 radical (unpaired) electrons. The van der Waals surface area contributed by atoms with E-state index in [2.05, 4.69) is 107 Å². The van der Waals surface area contributed by atoms with Crippen molar-refractivity contribution in [2.24, 2.45) is 0 Å². The van der Waals surface area contributed by atoms with Crippen LogP contribution in [0.4, 0.5) is 21.5 Å². The number of hydrogen-bond donors (Lipinski definition) is 0. The summed E-state index contributed by atoms with van der Waals surface area (Å²) in [5.74, 6) is -0.224. The van der Waals surface area contributed by atoms with Crippen molar-refractivity contribution in [1.82, 2.24) is 4.57 Å². The van der Waals surface area contributed by atoms with E-state index >= 15 is 0 Å². The minimum atomic E-state index is -0.224. The maximum Gasteiger partial charge on any atom is 0.252 e. The van der Waals surface area contributed by atoms with Gasteiger partial charge in [0.25, 0.3) is 6.71 Å². The van der Waals surface area contributed by atoms with Gasteiger partial charge in [-0.2, -0.15) is 0 Å². The van der Waals surface area contributed by atoms with Crippen LogP contribution in [0.1, 0.15) is 0 Å². The van der Waals surface area contributed by atoms with Crippen molar-refractivity contribution in [3.05, 3.63) is 127 Å². The summed E-state index contributed by atoms with van der Waals surface area (Å²) in [7, 11) is 0. The lowest BCUT2D eigenvalue weighted by atomic mass is 9.33. The Kier molecular flexibility index (Phi) is 4.14. The van der Waals surface area contributed by atoms with Crippen LogP contribution in [0.15, 0.2) is 131 Å². The monoisotopic (exact) mass is 542 g/mol. The molecule has 0 amide bonds. The normalized spacial score (nSPS) is 13.8. The molecule has 3 aliphatic heterocycles. The molecule has 41 heavy (non-hydrogen) atoms. The van der Waals surface area contributed by atoms with Crippen molar-refractivity contribution in [3.63, 3.8) is 0 Å². The number of hydrogen-bond acceptors (Lipinski definition) is 2. The van der Waals surface area contributed by atoms with Gasteiger partial charge in [0.2, 0.25) is 0 Å². The van der Waals surface area contributed by atoms with Crippen LogP contribution in [0.5, 0.6) is 0 Å². The van der Waals surface area contributed by atoms with Crippen LogP contribution in [0, 0.1) is 5.82 Å². The highest BCUT2D eigenvalue weighted by Gasteiger charge is 2.44. The van der Waals surface area contributed by atoms with Crippen molar-refractivity contribution in [3.8, 4) is 16.8 Å². The van der Waals surface area contributed by atoms with Crippen molar-refractivity contribution in [2.75, 3.05) is 4.90 Å². The molecular weight excluding hydrogens is 522 g/mol. The Morgan fingerprint density at radius 3 is 2.29 bits per heavy atom. The second-order valence-electron chi connectivity index (χ2n) is 11.1. The molecule has 0 aliphatic carbocycles. The first kappa shape index (κ1) is 22.0. The predicted octanol–water partition coefficient (Wildman–Crippen LogP) is 7.67. The smallest absolute Gasteiger partial charge is 0.252 e. The Hall–Kier alpha value is -4.74. The third-order valence-electron chi connectivity index (χ3n) is 8.99. The highest BCUT2D eigenvalue weighted by molar-refractivity contribution is 7.99. The quantitative estimate of drug-likeness (QED) is 0.197. The Bertz CT molecular complexity index is 2290. The van der Waals surface area contributed by atoms with Crippen LogP contribution >= 0.6 is 11.8 Å². The van der Waals surface area contributed by atoms with E-state index in [1.807, 2.05) is 17.8 Å². The lowest BCUT2D eigenvalue weighted by Gasteiger charge is -2.43. The molecule has 0 N–H and O–H groups in total. The van der Waals surface area contributed by atoms with E-state index in [0.717, 1.165) is 11.1 Å². The highest BCUT2D eigenvalue weighted by Crippen LogP contribution is 2.53. The maximum absolute atomic E-state index is 14.6. The van der Waals surface area contributed by atoms with E-state index in [-0.39, 0.29) is 12.5 Å². The number of halogens is 1. The van der Waals surface area contributed by atoms with Crippen LogP contribution in [-0.2, 0) is 0 Å². The highest BCUT2D eigenvalue weighted by atomic mass is 32.2. The Morgan fingerprint density at radius 1 is 0.585 bits per heavy atom. The molecule has 0 unspecified atom stereocenters. The average Bonchev–Trinajstić information content (AvgIpc) is 3.35. The van der Waals surface area contributed by atoms with Gasteiger partial charge in [-0.1, -0.05) is 84.6 Å². The zero-order valence-electron chi connectivity index (χ0n) is 21.8. The van der Waals surface area contributed by atoms with Crippen molar-refractivity contribution in [1.29, 1.82) is 0 Å². The van der Waals surface area contributed by atoms with Crippen LogP contribution in [-0.4, -0.2) is 11.3 Å². The number of nitrogens with zero attached hydrogens (tertiary/aromatic N) is 2. The summed E-state index contributed by atoms with van der Waals surface area (Å²) in [4.78, 5) is 4.97. The molecule has 3 aliphatic rings. The first-order valence-corrected chi connectivity index (χ1v) is 14.7. The largest absolute Gasteiger partial charge is 0.310 e. The summed E-state index contributed by atoms with van der Waals surface area (Å²) in [5, 5.41) is 2.53. The number of rotatable bonds is 1. The Labute approximate surface area is 240 Å². The van der Waals surface area contributed by atoms with Gasteiger partial charge >= 0.3 is 0 Å². The fraction of sp³-hybridized carbons (Fsp3) is 0. The summed E-state index contributed by atoms with van der Waals surface area (Å²) in [6.07, 6.45) is 0. The van der Waals surface area contributed by atoms with Crippen molar-refractivity contribution >= 4 is 73.7 Å². The summed E-state index contributed by atoms with van der Waals surface area (Å²) in [6, 6.07) is 42.5. The van der Waals surface area contributed by atoms with Gasteiger partial charge in [0.1, 0.15) is 5.82 Å². The molecule has 6 aromatic carbocycles. The molecule has 0 spiro atoms. The van der Waals surface area contributed by atoms with Gasteiger partial charge in [-0.05, 0) is 76.0 Å². The zero-order chi connectivity index (χ0) is 26.8. The van der Waals surface area contributed by atoms with Gasteiger partial charge < -0.3 is 9.47 Å². The molecule has 0 bridgehead atoms. The molecule has 0 fully saturated rings. The maximum atomic E-state index is 14.6. The molecule has 0 saturated heterocycles. The van der Waals surface area contributed by atoms with E-state index in [0.29, 0.717) is 0 Å². The van der Waals surface area contributed by atoms with Gasteiger partial charge in [0, 0.05) is 37.5 Å². The summed E-state index contributed by atoms with van der Waals surface area (Å²) < 4.78 is 17.0. The second-order valence-corrected chi connectivity index (χ2v) is 12.2. The number of benzene rings is 6. The van der Waals surface area contributed by atoms with E-state index in [9.17, 15) is 4.39 Å². The topological polar surface area (TPSA) is 8.17 Å². The minimum Gasteiger partial charge on any atom is -0.310 e. The van der Waals surface area contributed by atoms with E-state index in [4.69, 9.17) is 0 Å². The average molecular weight is 542 g/mol. The number of fused-ring (bicyclic) bond motifs is 9. The van der Waals surface area contributed by atoms with Gasteiger partial charge in [-0.25, -0.2) is 4.39 Å². The van der Waals surface area contributed by atoms with Crippen LogP contribution in [0.25, 0.3) is 38.6 Å². The van der Waals surface area contributed by atoms with Gasteiger partial charge in [-0.15, -0.1) is 0 Å².